The summed E-state index contributed by atoms with van der Waals surface area (Å²) >= 11 is 3.32. The first-order valence-electron chi connectivity index (χ1n) is 5.74. The molecule has 0 spiro atoms. The average molecular weight is 301 g/mol. The molecular formula is C11H17BrN4O. The van der Waals surface area contributed by atoms with Crippen LogP contribution in [0.25, 0.3) is 0 Å². The van der Waals surface area contributed by atoms with Gasteiger partial charge in [-0.3, -0.25) is 0 Å². The fourth-order valence-corrected chi connectivity index (χ4v) is 2.41. The normalized spacial score (nSPS) is 20.2. The Bertz CT molecular complexity index is 361. The average Bonchev–Trinajstić information content (AvgIpc) is 2.29. The fourth-order valence-electron chi connectivity index (χ4n) is 2.01. The molecule has 0 bridgehead atoms. The van der Waals surface area contributed by atoms with Crippen molar-refractivity contribution in [2.75, 3.05) is 37.4 Å². The Morgan fingerprint density at radius 3 is 3.06 bits per heavy atom. The second kappa shape index (κ2) is 5.64. The second-order valence-electron chi connectivity index (χ2n) is 4.38. The molecule has 2 heterocycles. The Kier molecular flexibility index (Phi) is 4.17. The second-order valence-corrected chi connectivity index (χ2v) is 5.19. The Labute approximate surface area is 110 Å². The van der Waals surface area contributed by atoms with E-state index in [1.54, 1.807) is 6.07 Å². The van der Waals surface area contributed by atoms with Crippen molar-refractivity contribution in [1.29, 1.82) is 0 Å². The number of nitrogen functional groups attached to an aromatic ring is 1. The Hall–Kier alpha value is -0.880. The molecule has 1 aromatic heterocycles. The topological polar surface area (TPSA) is 64.3 Å². The highest BCUT2D eigenvalue weighted by atomic mass is 79.9. The Balaban J connectivity index is 2.00. The lowest BCUT2D eigenvalue weighted by Gasteiger charge is -2.27. The van der Waals surface area contributed by atoms with E-state index in [1.807, 2.05) is 11.9 Å². The van der Waals surface area contributed by atoms with Crippen molar-refractivity contribution in [3.63, 3.8) is 0 Å². The van der Waals surface area contributed by atoms with Gasteiger partial charge in [0.2, 0.25) is 5.95 Å². The summed E-state index contributed by atoms with van der Waals surface area (Å²) in [5.74, 6) is 1.69. The number of ether oxygens (including phenoxy) is 1. The summed E-state index contributed by atoms with van der Waals surface area (Å²) in [5.41, 5.74) is 5.70. The summed E-state index contributed by atoms with van der Waals surface area (Å²) in [6, 6.07) is 1.70. The molecule has 5 nitrogen and oxygen atoms in total. The molecular weight excluding hydrogens is 284 g/mol. The van der Waals surface area contributed by atoms with E-state index in [9.17, 15) is 0 Å². The van der Waals surface area contributed by atoms with Crippen molar-refractivity contribution < 1.29 is 4.74 Å². The minimum Gasteiger partial charge on any atom is -0.383 e. The van der Waals surface area contributed by atoms with E-state index in [0.29, 0.717) is 22.3 Å². The van der Waals surface area contributed by atoms with Gasteiger partial charge in [0.1, 0.15) is 10.4 Å². The molecule has 1 unspecified atom stereocenters. The van der Waals surface area contributed by atoms with E-state index in [4.69, 9.17) is 10.5 Å². The van der Waals surface area contributed by atoms with Gasteiger partial charge in [-0.1, -0.05) is 0 Å². The van der Waals surface area contributed by atoms with Crippen molar-refractivity contribution in [3.8, 4) is 0 Å². The standard InChI is InChI=1S/C11H17BrN4O/c1-16(6-8-3-2-4-17-7-8)11-14-9(12)5-10(13)15-11/h5,8H,2-4,6-7H2,1H3,(H2,13,14,15). The lowest BCUT2D eigenvalue weighted by atomic mass is 10.0. The van der Waals surface area contributed by atoms with Crippen LogP contribution in [-0.4, -0.2) is 36.8 Å². The van der Waals surface area contributed by atoms with Crippen LogP contribution in [0.5, 0.6) is 0 Å². The molecule has 1 saturated heterocycles. The maximum absolute atomic E-state index is 5.70. The zero-order valence-electron chi connectivity index (χ0n) is 9.90. The van der Waals surface area contributed by atoms with Crippen LogP contribution in [0.2, 0.25) is 0 Å². The monoisotopic (exact) mass is 300 g/mol. The Morgan fingerprint density at radius 2 is 2.41 bits per heavy atom. The molecule has 17 heavy (non-hydrogen) atoms. The van der Waals surface area contributed by atoms with Crippen LogP contribution in [-0.2, 0) is 4.74 Å². The lowest BCUT2D eigenvalue weighted by molar-refractivity contribution is 0.0575. The first-order valence-corrected chi connectivity index (χ1v) is 6.53. The molecule has 1 atom stereocenters. The third-order valence-corrected chi connectivity index (χ3v) is 3.24. The number of hydrogen-bond donors (Lipinski definition) is 1. The zero-order chi connectivity index (χ0) is 12.3. The third kappa shape index (κ3) is 3.54. The maximum atomic E-state index is 5.70. The molecule has 0 aliphatic carbocycles. The molecule has 1 aromatic rings. The molecule has 2 rings (SSSR count). The van der Waals surface area contributed by atoms with Gasteiger partial charge in [-0.25, -0.2) is 4.98 Å². The van der Waals surface area contributed by atoms with Crippen LogP contribution >= 0.6 is 15.9 Å². The number of rotatable bonds is 3. The van der Waals surface area contributed by atoms with E-state index in [0.717, 1.165) is 26.2 Å². The van der Waals surface area contributed by atoms with Gasteiger partial charge in [0.25, 0.3) is 0 Å². The number of halogens is 1. The zero-order valence-corrected chi connectivity index (χ0v) is 11.5. The van der Waals surface area contributed by atoms with Gasteiger partial charge in [-0.15, -0.1) is 0 Å². The third-order valence-electron chi connectivity index (χ3n) is 2.83. The molecule has 0 aromatic carbocycles. The highest BCUT2D eigenvalue weighted by Crippen LogP contribution is 2.19. The van der Waals surface area contributed by atoms with Gasteiger partial charge in [0, 0.05) is 26.3 Å². The molecule has 1 aliphatic heterocycles. The summed E-state index contributed by atoms with van der Waals surface area (Å²) in [5, 5.41) is 0. The van der Waals surface area contributed by atoms with Gasteiger partial charge in [-0.2, -0.15) is 4.98 Å². The van der Waals surface area contributed by atoms with E-state index in [-0.39, 0.29) is 0 Å². The van der Waals surface area contributed by atoms with Crippen LogP contribution in [0.4, 0.5) is 11.8 Å². The molecule has 0 amide bonds. The SMILES string of the molecule is CN(CC1CCCOC1)c1nc(N)cc(Br)n1. The summed E-state index contributed by atoms with van der Waals surface area (Å²) < 4.78 is 6.18. The number of anilines is 2. The minimum atomic E-state index is 0.480. The van der Waals surface area contributed by atoms with E-state index in [1.165, 1.54) is 6.42 Å². The van der Waals surface area contributed by atoms with E-state index < -0.39 is 0 Å². The van der Waals surface area contributed by atoms with E-state index >= 15 is 0 Å². The lowest BCUT2D eigenvalue weighted by Crippen LogP contribution is -2.32. The van der Waals surface area contributed by atoms with Crippen LogP contribution in [0.3, 0.4) is 0 Å². The van der Waals surface area contributed by atoms with Crippen molar-refractivity contribution in [1.82, 2.24) is 9.97 Å². The van der Waals surface area contributed by atoms with Crippen molar-refractivity contribution in [2.45, 2.75) is 12.8 Å². The van der Waals surface area contributed by atoms with Crippen molar-refractivity contribution >= 4 is 27.7 Å². The van der Waals surface area contributed by atoms with Crippen molar-refractivity contribution in [3.05, 3.63) is 10.7 Å². The van der Waals surface area contributed by atoms with Gasteiger partial charge >= 0.3 is 0 Å². The van der Waals surface area contributed by atoms with Gasteiger partial charge in [0.15, 0.2) is 0 Å². The highest BCUT2D eigenvalue weighted by molar-refractivity contribution is 9.10. The maximum Gasteiger partial charge on any atom is 0.228 e. The van der Waals surface area contributed by atoms with Crippen LogP contribution in [0.15, 0.2) is 10.7 Å². The first kappa shape index (κ1) is 12.6. The van der Waals surface area contributed by atoms with Gasteiger partial charge in [0.05, 0.1) is 6.61 Å². The predicted octanol–water partition coefficient (Wildman–Crippen LogP) is 1.68. The molecule has 2 N–H and O–H groups in total. The highest BCUT2D eigenvalue weighted by Gasteiger charge is 2.17. The quantitative estimate of drug-likeness (QED) is 0.861. The number of aromatic nitrogens is 2. The number of nitrogens with zero attached hydrogens (tertiary/aromatic N) is 3. The summed E-state index contributed by atoms with van der Waals surface area (Å²) in [7, 11) is 1.98. The largest absolute Gasteiger partial charge is 0.383 e. The number of nitrogens with two attached hydrogens (primary N) is 1. The van der Waals surface area contributed by atoms with Gasteiger partial charge < -0.3 is 15.4 Å². The number of hydrogen-bond acceptors (Lipinski definition) is 5. The summed E-state index contributed by atoms with van der Waals surface area (Å²) in [4.78, 5) is 10.6. The van der Waals surface area contributed by atoms with Crippen LogP contribution < -0.4 is 10.6 Å². The molecule has 6 heteroatoms. The molecule has 0 saturated carbocycles. The minimum absolute atomic E-state index is 0.480. The summed E-state index contributed by atoms with van der Waals surface area (Å²) in [6.07, 6.45) is 2.34. The van der Waals surface area contributed by atoms with E-state index in [2.05, 4.69) is 25.9 Å². The molecule has 1 fully saturated rings. The smallest absolute Gasteiger partial charge is 0.228 e. The van der Waals surface area contributed by atoms with Crippen molar-refractivity contribution in [2.24, 2.45) is 5.92 Å². The molecule has 1 aliphatic rings. The molecule has 0 radical (unpaired) electrons. The molecule has 94 valence electrons. The summed E-state index contributed by atoms with van der Waals surface area (Å²) in [6.45, 7) is 2.62. The van der Waals surface area contributed by atoms with Crippen LogP contribution in [0, 0.1) is 5.92 Å². The van der Waals surface area contributed by atoms with Gasteiger partial charge in [-0.05, 0) is 34.7 Å². The van der Waals surface area contributed by atoms with Crippen LogP contribution in [0.1, 0.15) is 12.8 Å². The first-order chi connectivity index (χ1) is 8.15. The predicted molar refractivity (Wildman–Crippen MR) is 71.0 cm³/mol. The fraction of sp³-hybridized carbons (Fsp3) is 0.636. The Morgan fingerprint density at radius 1 is 1.59 bits per heavy atom.